The number of ether oxygens (including phenoxy) is 1. The Kier molecular flexibility index (Phi) is 4.96. The largest absolute Gasteiger partial charge is 0.378 e. The maximum absolute atomic E-state index is 12.6. The number of rotatable bonds is 6. The van der Waals surface area contributed by atoms with Crippen LogP contribution in [0.1, 0.15) is 52.9 Å². The second-order valence-corrected chi connectivity index (χ2v) is 8.39. The summed E-state index contributed by atoms with van der Waals surface area (Å²) in [5, 5.41) is 3.14. The Hall–Kier alpha value is -0.260. The zero-order chi connectivity index (χ0) is 15.7. The molecule has 0 radical (unpaired) electrons. The third-order valence-corrected chi connectivity index (χ3v) is 7.17. The van der Waals surface area contributed by atoms with E-state index in [1.807, 2.05) is 32.5 Å². The Morgan fingerprint density at radius 2 is 2.00 bits per heavy atom. The Morgan fingerprint density at radius 1 is 1.38 bits per heavy atom. The number of carbonyl (C=O) groups is 1. The molecule has 2 unspecified atom stereocenters. The Bertz CT molecular complexity index is 394. The molecule has 2 fully saturated rings. The number of carbonyl (C=O) groups excluding carboxylic acids is 1. The Morgan fingerprint density at radius 3 is 2.48 bits per heavy atom. The first-order valence-electron chi connectivity index (χ1n) is 8.05. The molecule has 3 N–H and O–H groups in total. The fourth-order valence-electron chi connectivity index (χ4n) is 3.69. The first kappa shape index (κ1) is 17.1. The van der Waals surface area contributed by atoms with E-state index in [0.29, 0.717) is 13.0 Å². The van der Waals surface area contributed by atoms with Crippen LogP contribution in [0.2, 0.25) is 0 Å². The van der Waals surface area contributed by atoms with Gasteiger partial charge in [-0.25, -0.2) is 0 Å². The summed E-state index contributed by atoms with van der Waals surface area (Å²) in [7, 11) is 0. The Labute approximate surface area is 132 Å². The van der Waals surface area contributed by atoms with E-state index in [1.54, 1.807) is 0 Å². The van der Waals surface area contributed by atoms with Crippen molar-refractivity contribution in [2.24, 2.45) is 11.1 Å². The quantitative estimate of drug-likeness (QED) is 0.789. The van der Waals surface area contributed by atoms with E-state index >= 15 is 0 Å². The van der Waals surface area contributed by atoms with E-state index in [0.717, 1.165) is 6.54 Å². The molecule has 2 aliphatic carbocycles. The molecule has 4 nitrogen and oxygen atoms in total. The number of nitrogens with one attached hydrogen (secondary N) is 1. The Balaban J connectivity index is 1.94. The first-order chi connectivity index (χ1) is 9.81. The SMILES string of the molecule is CCOC1CC(N)(C(=O)NCC2(SC)CCCC2)C1(C)C. The summed E-state index contributed by atoms with van der Waals surface area (Å²) < 4.78 is 5.91. The van der Waals surface area contributed by atoms with Gasteiger partial charge in [0.25, 0.3) is 0 Å². The lowest BCUT2D eigenvalue weighted by Crippen LogP contribution is -2.76. The summed E-state index contributed by atoms with van der Waals surface area (Å²) in [6.45, 7) is 7.46. The van der Waals surface area contributed by atoms with Gasteiger partial charge >= 0.3 is 0 Å². The van der Waals surface area contributed by atoms with Crippen molar-refractivity contribution in [1.29, 1.82) is 0 Å². The van der Waals surface area contributed by atoms with Gasteiger partial charge in [0, 0.05) is 29.7 Å². The lowest BCUT2D eigenvalue weighted by Gasteiger charge is -2.57. The molecule has 0 aromatic heterocycles. The molecule has 5 heteroatoms. The van der Waals surface area contributed by atoms with Crippen molar-refractivity contribution in [3.63, 3.8) is 0 Å². The smallest absolute Gasteiger partial charge is 0.240 e. The highest BCUT2D eigenvalue weighted by Gasteiger charge is 2.62. The topological polar surface area (TPSA) is 64.3 Å². The molecule has 0 aliphatic heterocycles. The number of amides is 1. The van der Waals surface area contributed by atoms with Gasteiger partial charge in [0.1, 0.15) is 5.54 Å². The lowest BCUT2D eigenvalue weighted by molar-refractivity contribution is -0.170. The van der Waals surface area contributed by atoms with E-state index in [-0.39, 0.29) is 22.2 Å². The van der Waals surface area contributed by atoms with Gasteiger partial charge in [-0.05, 0) is 26.0 Å². The van der Waals surface area contributed by atoms with Crippen molar-refractivity contribution in [3.8, 4) is 0 Å². The van der Waals surface area contributed by atoms with Gasteiger partial charge in [0.2, 0.25) is 5.91 Å². The molecular formula is C16H30N2O2S. The van der Waals surface area contributed by atoms with Gasteiger partial charge in [-0.15, -0.1) is 0 Å². The zero-order valence-electron chi connectivity index (χ0n) is 13.8. The predicted octanol–water partition coefficient (Wildman–Crippen LogP) is 2.31. The molecule has 21 heavy (non-hydrogen) atoms. The summed E-state index contributed by atoms with van der Waals surface area (Å²) in [6.07, 6.45) is 7.76. The van der Waals surface area contributed by atoms with E-state index < -0.39 is 5.54 Å². The van der Waals surface area contributed by atoms with E-state index in [1.165, 1.54) is 25.7 Å². The van der Waals surface area contributed by atoms with E-state index in [4.69, 9.17) is 10.5 Å². The van der Waals surface area contributed by atoms with Crippen molar-refractivity contribution in [1.82, 2.24) is 5.32 Å². The van der Waals surface area contributed by atoms with Crippen LogP contribution in [-0.4, -0.2) is 41.7 Å². The van der Waals surface area contributed by atoms with Gasteiger partial charge in [-0.1, -0.05) is 26.7 Å². The molecule has 1 amide bonds. The van der Waals surface area contributed by atoms with Gasteiger partial charge in [-0.3, -0.25) is 4.79 Å². The number of hydrogen-bond donors (Lipinski definition) is 2. The van der Waals surface area contributed by atoms with Crippen LogP contribution in [-0.2, 0) is 9.53 Å². The normalized spacial score (nSPS) is 33.5. The fourth-order valence-corrected chi connectivity index (χ4v) is 4.61. The highest BCUT2D eigenvalue weighted by Crippen LogP contribution is 2.50. The molecule has 0 saturated heterocycles. The molecule has 2 aliphatic rings. The standard InChI is InChI=1S/C16H30N2O2S/c1-5-20-12-10-16(17,14(12,2)3)13(19)18-11-15(21-4)8-6-7-9-15/h12H,5-11,17H2,1-4H3,(H,18,19). The summed E-state index contributed by atoms with van der Waals surface area (Å²) in [5.41, 5.74) is 5.30. The summed E-state index contributed by atoms with van der Waals surface area (Å²) in [4.78, 5) is 12.6. The summed E-state index contributed by atoms with van der Waals surface area (Å²) in [5.74, 6) is -0.0104. The van der Waals surface area contributed by atoms with Crippen LogP contribution < -0.4 is 11.1 Å². The molecule has 0 spiro atoms. The third kappa shape index (κ3) is 2.84. The minimum atomic E-state index is -0.801. The van der Waals surface area contributed by atoms with Crippen LogP contribution >= 0.6 is 11.8 Å². The number of thioether (sulfide) groups is 1. The van der Waals surface area contributed by atoms with Crippen molar-refractivity contribution < 1.29 is 9.53 Å². The average molecular weight is 314 g/mol. The second-order valence-electron chi connectivity index (χ2n) is 7.12. The summed E-state index contributed by atoms with van der Waals surface area (Å²) >= 11 is 1.89. The number of hydrogen-bond acceptors (Lipinski definition) is 4. The van der Waals surface area contributed by atoms with Crippen molar-refractivity contribution in [3.05, 3.63) is 0 Å². The number of nitrogens with two attached hydrogens (primary N) is 1. The highest BCUT2D eigenvalue weighted by atomic mass is 32.2. The monoisotopic (exact) mass is 314 g/mol. The molecule has 0 bridgehead atoms. The average Bonchev–Trinajstić information content (AvgIpc) is 2.93. The first-order valence-corrected chi connectivity index (χ1v) is 9.28. The van der Waals surface area contributed by atoms with Crippen LogP contribution in [0.15, 0.2) is 0 Å². The molecule has 2 rings (SSSR count). The maximum atomic E-state index is 12.6. The van der Waals surface area contributed by atoms with Crippen molar-refractivity contribution in [2.75, 3.05) is 19.4 Å². The van der Waals surface area contributed by atoms with Gasteiger partial charge in [-0.2, -0.15) is 11.8 Å². The molecular weight excluding hydrogens is 284 g/mol. The van der Waals surface area contributed by atoms with Gasteiger partial charge < -0.3 is 15.8 Å². The van der Waals surface area contributed by atoms with Gasteiger partial charge in [0.15, 0.2) is 0 Å². The summed E-state index contributed by atoms with van der Waals surface area (Å²) in [6, 6.07) is 0. The minimum absolute atomic E-state index is 0.0104. The van der Waals surface area contributed by atoms with Crippen molar-refractivity contribution >= 4 is 17.7 Å². The third-order valence-electron chi connectivity index (χ3n) is 5.75. The van der Waals surface area contributed by atoms with Crippen LogP contribution in [0.5, 0.6) is 0 Å². The minimum Gasteiger partial charge on any atom is -0.378 e. The van der Waals surface area contributed by atoms with E-state index in [9.17, 15) is 4.79 Å². The lowest BCUT2D eigenvalue weighted by atomic mass is 9.54. The molecule has 122 valence electrons. The van der Waals surface area contributed by atoms with E-state index in [2.05, 4.69) is 11.6 Å². The molecule has 0 aromatic rings. The zero-order valence-corrected chi connectivity index (χ0v) is 14.6. The maximum Gasteiger partial charge on any atom is 0.240 e. The van der Waals surface area contributed by atoms with Gasteiger partial charge in [0.05, 0.1) is 6.10 Å². The molecule has 0 aromatic carbocycles. The van der Waals surface area contributed by atoms with Crippen molar-refractivity contribution in [2.45, 2.75) is 69.3 Å². The van der Waals surface area contributed by atoms with Crippen LogP contribution in [0.3, 0.4) is 0 Å². The molecule has 2 atom stereocenters. The molecule has 2 saturated carbocycles. The van der Waals surface area contributed by atoms with Crippen LogP contribution in [0, 0.1) is 5.41 Å². The molecule has 0 heterocycles. The highest BCUT2D eigenvalue weighted by molar-refractivity contribution is 8.00. The van der Waals surface area contributed by atoms with Crippen LogP contribution in [0.25, 0.3) is 0 Å². The fraction of sp³-hybridized carbons (Fsp3) is 0.938. The van der Waals surface area contributed by atoms with Crippen LogP contribution in [0.4, 0.5) is 0 Å². The second kappa shape index (κ2) is 6.09. The predicted molar refractivity (Wildman–Crippen MR) is 88.5 cm³/mol.